The molecule has 0 aromatic heterocycles. The summed E-state index contributed by atoms with van der Waals surface area (Å²) in [6, 6.07) is 0.0370. The summed E-state index contributed by atoms with van der Waals surface area (Å²) < 4.78 is 0. The molecule has 2 N–H and O–H groups in total. The van der Waals surface area contributed by atoms with Crippen molar-refractivity contribution in [3.8, 4) is 12.3 Å². The fourth-order valence-corrected chi connectivity index (χ4v) is 2.04. The van der Waals surface area contributed by atoms with E-state index < -0.39 is 0 Å². The van der Waals surface area contributed by atoms with Gasteiger partial charge in [-0.2, -0.15) is 0 Å². The molecular weight excluding hydrogens is 134 g/mol. The molecule has 11 heavy (non-hydrogen) atoms. The molecule has 0 saturated heterocycles. The molecule has 0 radical (unpaired) electrons. The van der Waals surface area contributed by atoms with Crippen molar-refractivity contribution in [2.24, 2.45) is 23.5 Å². The van der Waals surface area contributed by atoms with E-state index in [0.717, 1.165) is 11.8 Å². The lowest BCUT2D eigenvalue weighted by Gasteiger charge is -2.18. The summed E-state index contributed by atoms with van der Waals surface area (Å²) in [6.07, 6.45) is 10.8. The van der Waals surface area contributed by atoms with Gasteiger partial charge in [-0.1, -0.05) is 5.92 Å². The quantitative estimate of drug-likeness (QED) is 0.603. The normalized spacial score (nSPS) is 26.6. The van der Waals surface area contributed by atoms with Crippen molar-refractivity contribution in [2.45, 2.75) is 31.7 Å². The van der Waals surface area contributed by atoms with Crippen LogP contribution in [0.5, 0.6) is 0 Å². The maximum Gasteiger partial charge on any atom is 0.0695 e. The van der Waals surface area contributed by atoms with Gasteiger partial charge in [-0.05, 0) is 43.4 Å². The fourth-order valence-electron chi connectivity index (χ4n) is 2.04. The minimum absolute atomic E-state index is 0.0370. The Labute approximate surface area is 68.4 Å². The van der Waals surface area contributed by atoms with Crippen LogP contribution in [0.15, 0.2) is 0 Å². The molecule has 1 atom stereocenters. The highest BCUT2D eigenvalue weighted by Crippen LogP contribution is 2.50. The smallest absolute Gasteiger partial charge is 0.0695 e. The van der Waals surface area contributed by atoms with Crippen molar-refractivity contribution in [3.63, 3.8) is 0 Å². The van der Waals surface area contributed by atoms with E-state index in [4.69, 9.17) is 12.2 Å². The van der Waals surface area contributed by atoms with E-state index in [-0.39, 0.29) is 6.04 Å². The van der Waals surface area contributed by atoms with Crippen molar-refractivity contribution >= 4 is 0 Å². The highest BCUT2D eigenvalue weighted by molar-refractivity contribution is 5.07. The predicted octanol–water partition coefficient (Wildman–Crippen LogP) is 1.38. The monoisotopic (exact) mass is 149 g/mol. The zero-order valence-electron chi connectivity index (χ0n) is 6.79. The number of hydrogen-bond donors (Lipinski definition) is 1. The molecule has 0 aromatic carbocycles. The van der Waals surface area contributed by atoms with Gasteiger partial charge in [-0.3, -0.25) is 0 Å². The summed E-state index contributed by atoms with van der Waals surface area (Å²) in [6.45, 7) is 0. The van der Waals surface area contributed by atoms with Crippen LogP contribution in [-0.2, 0) is 0 Å². The summed E-state index contributed by atoms with van der Waals surface area (Å²) in [5, 5.41) is 0. The number of nitrogens with two attached hydrogens (primary N) is 1. The maximum absolute atomic E-state index is 5.86. The minimum atomic E-state index is 0.0370. The predicted molar refractivity (Wildman–Crippen MR) is 45.7 cm³/mol. The van der Waals surface area contributed by atoms with Crippen LogP contribution in [-0.4, -0.2) is 6.04 Å². The van der Waals surface area contributed by atoms with Gasteiger partial charge in [0.1, 0.15) is 0 Å². The molecule has 0 bridgehead atoms. The Bertz CT molecular complexity index is 172. The third-order valence-corrected chi connectivity index (χ3v) is 2.94. The first kappa shape index (κ1) is 7.18. The van der Waals surface area contributed by atoms with Crippen LogP contribution in [0.4, 0.5) is 0 Å². The highest BCUT2D eigenvalue weighted by Gasteiger charge is 2.43. The Balaban J connectivity index is 1.97. The first-order valence-corrected chi connectivity index (χ1v) is 4.54. The van der Waals surface area contributed by atoms with Gasteiger partial charge in [0.05, 0.1) is 6.04 Å². The number of rotatable bonds is 3. The topological polar surface area (TPSA) is 26.0 Å². The zero-order valence-corrected chi connectivity index (χ0v) is 6.79. The molecule has 2 rings (SSSR count). The largest absolute Gasteiger partial charge is 0.317 e. The lowest BCUT2D eigenvalue weighted by molar-refractivity contribution is 0.375. The molecule has 2 saturated carbocycles. The van der Waals surface area contributed by atoms with Gasteiger partial charge in [0.15, 0.2) is 0 Å². The molecule has 0 aromatic rings. The molecule has 2 aliphatic carbocycles. The first-order chi connectivity index (χ1) is 5.33. The second-order valence-corrected chi connectivity index (χ2v) is 3.94. The van der Waals surface area contributed by atoms with Crippen LogP contribution in [0.2, 0.25) is 0 Å². The molecule has 60 valence electrons. The van der Waals surface area contributed by atoms with E-state index in [1.54, 1.807) is 0 Å². The van der Waals surface area contributed by atoms with Gasteiger partial charge < -0.3 is 5.73 Å². The molecule has 0 heterocycles. The Kier molecular flexibility index (Phi) is 1.65. The molecule has 1 unspecified atom stereocenters. The third kappa shape index (κ3) is 1.41. The van der Waals surface area contributed by atoms with Crippen LogP contribution in [0.1, 0.15) is 25.7 Å². The van der Waals surface area contributed by atoms with Crippen LogP contribution >= 0.6 is 0 Å². The minimum Gasteiger partial charge on any atom is -0.317 e. The van der Waals surface area contributed by atoms with Crippen molar-refractivity contribution in [1.82, 2.24) is 0 Å². The lowest BCUT2D eigenvalue weighted by atomic mass is 9.91. The second kappa shape index (κ2) is 2.53. The van der Waals surface area contributed by atoms with Gasteiger partial charge in [0, 0.05) is 0 Å². The summed E-state index contributed by atoms with van der Waals surface area (Å²) in [7, 11) is 0. The summed E-state index contributed by atoms with van der Waals surface area (Å²) in [4.78, 5) is 0. The molecule has 0 spiro atoms. The standard InChI is InChI=1S/C10H15N/c1-2-9(11)10(7-3-4-7)8-5-6-8/h1,7-10H,3-6,11H2. The first-order valence-electron chi connectivity index (χ1n) is 4.54. The fraction of sp³-hybridized carbons (Fsp3) is 0.800. The average Bonchev–Trinajstić information content (AvgIpc) is 2.81. The Morgan fingerprint density at radius 1 is 1.18 bits per heavy atom. The van der Waals surface area contributed by atoms with E-state index in [1.807, 2.05) is 0 Å². The van der Waals surface area contributed by atoms with E-state index in [1.165, 1.54) is 25.7 Å². The van der Waals surface area contributed by atoms with E-state index in [9.17, 15) is 0 Å². The molecule has 0 aliphatic heterocycles. The van der Waals surface area contributed by atoms with E-state index >= 15 is 0 Å². The van der Waals surface area contributed by atoms with E-state index in [0.29, 0.717) is 5.92 Å². The Morgan fingerprint density at radius 2 is 1.64 bits per heavy atom. The van der Waals surface area contributed by atoms with E-state index in [2.05, 4.69) is 5.92 Å². The van der Waals surface area contributed by atoms with Crippen molar-refractivity contribution < 1.29 is 0 Å². The Hall–Kier alpha value is -0.480. The van der Waals surface area contributed by atoms with Crippen LogP contribution < -0.4 is 5.73 Å². The van der Waals surface area contributed by atoms with Gasteiger partial charge >= 0.3 is 0 Å². The van der Waals surface area contributed by atoms with Crippen molar-refractivity contribution in [3.05, 3.63) is 0 Å². The second-order valence-electron chi connectivity index (χ2n) is 3.94. The van der Waals surface area contributed by atoms with Crippen LogP contribution in [0, 0.1) is 30.1 Å². The highest BCUT2D eigenvalue weighted by atomic mass is 14.7. The van der Waals surface area contributed by atoms with Crippen molar-refractivity contribution in [1.29, 1.82) is 0 Å². The van der Waals surface area contributed by atoms with Gasteiger partial charge in [-0.25, -0.2) is 0 Å². The van der Waals surface area contributed by atoms with Gasteiger partial charge in [-0.15, -0.1) is 6.42 Å². The Morgan fingerprint density at radius 3 is 1.91 bits per heavy atom. The van der Waals surface area contributed by atoms with Gasteiger partial charge in [0.25, 0.3) is 0 Å². The SMILES string of the molecule is C#CC(N)C(C1CC1)C1CC1. The zero-order chi connectivity index (χ0) is 7.84. The molecule has 2 aliphatic rings. The lowest BCUT2D eigenvalue weighted by Crippen LogP contribution is -2.31. The summed E-state index contributed by atoms with van der Waals surface area (Å²) >= 11 is 0. The maximum atomic E-state index is 5.86. The average molecular weight is 149 g/mol. The molecule has 2 fully saturated rings. The molecular formula is C10H15N. The number of hydrogen-bond acceptors (Lipinski definition) is 1. The third-order valence-electron chi connectivity index (χ3n) is 2.94. The van der Waals surface area contributed by atoms with Crippen LogP contribution in [0.3, 0.4) is 0 Å². The summed E-state index contributed by atoms with van der Waals surface area (Å²) in [5.41, 5.74) is 5.86. The van der Waals surface area contributed by atoms with Crippen LogP contribution in [0.25, 0.3) is 0 Å². The summed E-state index contributed by atoms with van der Waals surface area (Å²) in [5.74, 6) is 5.12. The van der Waals surface area contributed by atoms with Crippen molar-refractivity contribution in [2.75, 3.05) is 0 Å². The molecule has 0 amide bonds. The molecule has 1 heteroatoms. The molecule has 1 nitrogen and oxygen atoms in total. The van der Waals surface area contributed by atoms with Gasteiger partial charge in [0.2, 0.25) is 0 Å². The number of terminal acetylenes is 1.